The first-order chi connectivity index (χ1) is 17.8. The molecular formula is C32H17N3S. The van der Waals surface area contributed by atoms with Crippen molar-refractivity contribution in [2.45, 2.75) is 0 Å². The normalized spacial score (nSPS) is 11.3. The van der Waals surface area contributed by atoms with Crippen LogP contribution in [0.3, 0.4) is 0 Å². The minimum absolute atomic E-state index is 0.498. The van der Waals surface area contributed by atoms with Gasteiger partial charge >= 0.3 is 0 Å². The second-order valence-corrected chi connectivity index (χ2v) is 9.87. The maximum Gasteiger partial charge on any atom is 0.0998 e. The summed E-state index contributed by atoms with van der Waals surface area (Å²) in [7, 11) is 0. The number of benzene rings is 5. The summed E-state index contributed by atoms with van der Waals surface area (Å²) in [6.07, 6.45) is 0. The van der Waals surface area contributed by atoms with Crippen LogP contribution in [0.4, 0.5) is 0 Å². The van der Waals surface area contributed by atoms with E-state index in [-0.39, 0.29) is 0 Å². The molecule has 36 heavy (non-hydrogen) atoms. The van der Waals surface area contributed by atoms with Gasteiger partial charge in [-0.05, 0) is 36.4 Å². The van der Waals surface area contributed by atoms with Crippen LogP contribution in [0.1, 0.15) is 11.1 Å². The maximum atomic E-state index is 9.92. The number of thiophene rings is 1. The van der Waals surface area contributed by atoms with E-state index in [4.69, 9.17) is 0 Å². The van der Waals surface area contributed by atoms with Crippen molar-refractivity contribution in [1.29, 1.82) is 10.5 Å². The van der Waals surface area contributed by atoms with E-state index in [2.05, 4.69) is 89.5 Å². The number of hydrogen-bond acceptors (Lipinski definition) is 3. The first-order valence-corrected chi connectivity index (χ1v) is 12.5. The fraction of sp³-hybridized carbons (Fsp3) is 0. The molecule has 7 aromatic rings. The van der Waals surface area contributed by atoms with Crippen molar-refractivity contribution in [3.8, 4) is 29.0 Å². The second-order valence-electron chi connectivity index (χ2n) is 8.78. The Balaban J connectivity index is 1.63. The monoisotopic (exact) mass is 475 g/mol. The van der Waals surface area contributed by atoms with Gasteiger partial charge in [0.15, 0.2) is 0 Å². The van der Waals surface area contributed by atoms with Gasteiger partial charge < -0.3 is 4.57 Å². The molecule has 0 N–H and O–H groups in total. The molecule has 5 aromatic carbocycles. The number of nitriles is 2. The predicted molar refractivity (Wildman–Crippen MR) is 149 cm³/mol. The number of aromatic nitrogens is 1. The smallest absolute Gasteiger partial charge is 0.0998 e. The molecule has 0 bridgehead atoms. The van der Waals surface area contributed by atoms with E-state index in [1.54, 1.807) is 29.5 Å². The highest BCUT2D eigenvalue weighted by Crippen LogP contribution is 2.41. The van der Waals surface area contributed by atoms with Crippen LogP contribution >= 0.6 is 11.3 Å². The second kappa shape index (κ2) is 7.82. The number of fused-ring (bicyclic) bond motifs is 6. The fourth-order valence-corrected chi connectivity index (χ4v) is 6.51. The molecular weight excluding hydrogens is 458 g/mol. The Bertz CT molecular complexity index is 2050. The number of rotatable bonds is 2. The molecule has 0 saturated carbocycles. The van der Waals surface area contributed by atoms with Crippen molar-refractivity contribution in [2.24, 2.45) is 0 Å². The molecule has 0 atom stereocenters. The summed E-state index contributed by atoms with van der Waals surface area (Å²) < 4.78 is 4.78. The zero-order valence-electron chi connectivity index (χ0n) is 19.1. The number of para-hydroxylation sites is 2. The van der Waals surface area contributed by atoms with Gasteiger partial charge in [-0.2, -0.15) is 10.5 Å². The van der Waals surface area contributed by atoms with Gasteiger partial charge in [-0.25, -0.2) is 0 Å². The maximum absolute atomic E-state index is 9.92. The van der Waals surface area contributed by atoms with Crippen LogP contribution in [0.25, 0.3) is 58.8 Å². The van der Waals surface area contributed by atoms with Crippen LogP contribution in [-0.2, 0) is 0 Å². The average Bonchev–Trinajstić information content (AvgIpc) is 3.48. The number of hydrogen-bond donors (Lipinski definition) is 0. The van der Waals surface area contributed by atoms with E-state index in [0.29, 0.717) is 16.7 Å². The summed E-state index contributed by atoms with van der Waals surface area (Å²) in [5.41, 5.74) is 5.71. The van der Waals surface area contributed by atoms with Crippen molar-refractivity contribution in [2.75, 3.05) is 0 Å². The van der Waals surface area contributed by atoms with E-state index < -0.39 is 0 Å². The van der Waals surface area contributed by atoms with E-state index in [9.17, 15) is 10.5 Å². The molecule has 166 valence electrons. The Labute approximate surface area is 211 Å². The van der Waals surface area contributed by atoms with Gasteiger partial charge in [0.2, 0.25) is 0 Å². The third kappa shape index (κ3) is 2.83. The van der Waals surface area contributed by atoms with Crippen molar-refractivity contribution >= 4 is 53.3 Å². The highest BCUT2D eigenvalue weighted by Gasteiger charge is 2.20. The summed E-state index contributed by atoms with van der Waals surface area (Å²) in [5.74, 6) is 0. The van der Waals surface area contributed by atoms with Crippen LogP contribution < -0.4 is 0 Å². The Kier molecular flexibility index (Phi) is 4.45. The molecule has 2 aromatic heterocycles. The fourth-order valence-electron chi connectivity index (χ4n) is 5.37. The molecule has 0 amide bonds. The van der Waals surface area contributed by atoms with Crippen molar-refractivity contribution in [3.63, 3.8) is 0 Å². The lowest BCUT2D eigenvalue weighted by atomic mass is 9.93. The summed E-state index contributed by atoms with van der Waals surface area (Å²) in [4.78, 5) is 0. The third-order valence-electron chi connectivity index (χ3n) is 6.89. The van der Waals surface area contributed by atoms with E-state index in [0.717, 1.165) is 33.1 Å². The van der Waals surface area contributed by atoms with Gasteiger partial charge in [0.1, 0.15) is 0 Å². The van der Waals surface area contributed by atoms with E-state index >= 15 is 0 Å². The van der Waals surface area contributed by atoms with Gasteiger partial charge in [0.25, 0.3) is 0 Å². The third-order valence-corrected chi connectivity index (χ3v) is 8.02. The summed E-state index contributed by atoms with van der Waals surface area (Å²) in [6.45, 7) is 0. The largest absolute Gasteiger partial charge is 0.309 e. The van der Waals surface area contributed by atoms with Crippen molar-refractivity contribution < 1.29 is 0 Å². The minimum atomic E-state index is 0.498. The molecule has 0 saturated heterocycles. The molecule has 0 spiro atoms. The molecule has 0 aliphatic heterocycles. The lowest BCUT2D eigenvalue weighted by Gasteiger charge is -2.13. The number of nitrogens with zero attached hydrogens (tertiary/aromatic N) is 3. The molecule has 0 aliphatic carbocycles. The molecule has 7 rings (SSSR count). The Morgan fingerprint density at radius 3 is 2.06 bits per heavy atom. The lowest BCUT2D eigenvalue weighted by molar-refractivity contribution is 1.19. The van der Waals surface area contributed by atoms with Gasteiger partial charge in [0.05, 0.1) is 34.3 Å². The topological polar surface area (TPSA) is 52.5 Å². The van der Waals surface area contributed by atoms with Crippen molar-refractivity contribution in [3.05, 3.63) is 114 Å². The minimum Gasteiger partial charge on any atom is -0.309 e. The summed E-state index contributed by atoms with van der Waals surface area (Å²) in [5, 5.41) is 24.6. The lowest BCUT2D eigenvalue weighted by Crippen LogP contribution is -1.97. The zero-order chi connectivity index (χ0) is 24.2. The van der Waals surface area contributed by atoms with Gasteiger partial charge in [-0.15, -0.1) is 11.3 Å². The van der Waals surface area contributed by atoms with Crippen LogP contribution in [0.2, 0.25) is 0 Å². The first kappa shape index (κ1) is 20.5. The zero-order valence-corrected chi connectivity index (χ0v) is 19.9. The predicted octanol–water partition coefficient (Wildman–Crippen LogP) is 8.56. The van der Waals surface area contributed by atoms with E-state index in [1.165, 1.54) is 20.2 Å². The van der Waals surface area contributed by atoms with E-state index in [1.807, 2.05) is 12.1 Å². The molecule has 0 unspecified atom stereocenters. The summed E-state index contributed by atoms with van der Waals surface area (Å²) >= 11 is 1.80. The van der Waals surface area contributed by atoms with Crippen molar-refractivity contribution in [1.82, 2.24) is 4.57 Å². The molecule has 2 heterocycles. The quantitative estimate of drug-likeness (QED) is 0.251. The first-order valence-electron chi connectivity index (χ1n) is 11.7. The standard InChI is InChI=1S/C32H17N3S/c33-18-20-7-5-8-21(19-34)31(20)27-12-6-11-26-23-9-1-3-13-28(23)35(32(26)27)22-15-16-25-24-10-2-4-14-29(24)36-30(25)17-22/h1-17H. The average molecular weight is 476 g/mol. The Hall–Kier alpha value is -4.90. The molecule has 0 fully saturated rings. The van der Waals surface area contributed by atoms with Gasteiger partial charge in [-0.3, -0.25) is 0 Å². The van der Waals surface area contributed by atoms with Gasteiger partial charge in [-0.1, -0.05) is 66.7 Å². The highest BCUT2D eigenvalue weighted by atomic mass is 32.1. The SMILES string of the molecule is N#Cc1cccc(C#N)c1-c1cccc2c3ccccc3n(-c3ccc4c(c3)sc3ccccc34)c12. The van der Waals surface area contributed by atoms with Crippen LogP contribution in [0.15, 0.2) is 103 Å². The van der Waals surface area contributed by atoms with Gasteiger partial charge in [0, 0.05) is 47.8 Å². The molecule has 0 aliphatic rings. The van der Waals surface area contributed by atoms with Crippen LogP contribution in [0, 0.1) is 22.7 Å². The highest BCUT2D eigenvalue weighted by molar-refractivity contribution is 7.25. The molecule has 3 nitrogen and oxygen atoms in total. The Morgan fingerprint density at radius 1 is 0.583 bits per heavy atom. The Morgan fingerprint density at radius 2 is 1.25 bits per heavy atom. The molecule has 0 radical (unpaired) electrons. The molecule has 4 heteroatoms. The van der Waals surface area contributed by atoms with Crippen LogP contribution in [0.5, 0.6) is 0 Å². The summed E-state index contributed by atoms with van der Waals surface area (Å²) in [6, 6.07) is 39.6. The van der Waals surface area contributed by atoms with Crippen LogP contribution in [-0.4, -0.2) is 4.57 Å².